The number of carbonyl (C=O) groups is 2. The standard InChI is InChI=1S/C25H29N3O3/c1-25(2)13-19-23(21(29)14-25)24(16-9-11-17(31-4)12-10-16)28(15-22(30)26-3)20-8-6-5-7-18(20)27-19/h5-12,24,27H,13-15H2,1-4H3,(H,26,30). The first-order chi connectivity index (χ1) is 14.8. The van der Waals surface area contributed by atoms with E-state index < -0.39 is 0 Å². The van der Waals surface area contributed by atoms with E-state index >= 15 is 0 Å². The van der Waals surface area contributed by atoms with Crippen LogP contribution in [0.15, 0.2) is 59.8 Å². The van der Waals surface area contributed by atoms with E-state index in [1.54, 1.807) is 14.2 Å². The van der Waals surface area contributed by atoms with Gasteiger partial charge in [0.15, 0.2) is 5.78 Å². The Labute approximate surface area is 183 Å². The molecule has 4 rings (SSSR count). The molecule has 2 N–H and O–H groups in total. The summed E-state index contributed by atoms with van der Waals surface area (Å²) in [5.74, 6) is 0.759. The molecule has 0 saturated carbocycles. The number of hydrogen-bond acceptors (Lipinski definition) is 5. The molecule has 0 aromatic heterocycles. The van der Waals surface area contributed by atoms with Crippen molar-refractivity contribution in [3.63, 3.8) is 0 Å². The van der Waals surface area contributed by atoms with Crippen LogP contribution >= 0.6 is 0 Å². The van der Waals surface area contributed by atoms with Crippen LogP contribution in [-0.2, 0) is 9.59 Å². The third kappa shape index (κ3) is 4.02. The molecule has 6 nitrogen and oxygen atoms in total. The lowest BCUT2D eigenvalue weighted by Crippen LogP contribution is -2.41. The summed E-state index contributed by atoms with van der Waals surface area (Å²) in [6.07, 6.45) is 1.24. The summed E-state index contributed by atoms with van der Waals surface area (Å²) in [6, 6.07) is 15.3. The first kappa shape index (κ1) is 21.0. The molecule has 1 atom stereocenters. The molecule has 2 aromatic carbocycles. The Morgan fingerprint density at radius 2 is 1.87 bits per heavy atom. The monoisotopic (exact) mass is 419 g/mol. The maximum atomic E-state index is 13.5. The number of ether oxygens (including phenoxy) is 1. The normalized spacial score (nSPS) is 19.7. The topological polar surface area (TPSA) is 70.7 Å². The van der Waals surface area contributed by atoms with Gasteiger partial charge in [-0.3, -0.25) is 9.59 Å². The number of Topliss-reactive ketones (excluding diaryl/α,β-unsaturated/α-hetero) is 1. The molecule has 1 aliphatic carbocycles. The minimum Gasteiger partial charge on any atom is -0.497 e. The van der Waals surface area contributed by atoms with E-state index in [2.05, 4.69) is 24.5 Å². The number of methoxy groups -OCH3 is 1. The van der Waals surface area contributed by atoms with Gasteiger partial charge in [-0.05, 0) is 41.7 Å². The van der Waals surface area contributed by atoms with Crippen molar-refractivity contribution in [3.05, 3.63) is 65.4 Å². The molecule has 1 amide bonds. The molecule has 2 aromatic rings. The number of amides is 1. The van der Waals surface area contributed by atoms with Gasteiger partial charge in [0.1, 0.15) is 5.75 Å². The van der Waals surface area contributed by atoms with Crippen molar-refractivity contribution in [2.45, 2.75) is 32.7 Å². The zero-order chi connectivity index (χ0) is 22.2. The van der Waals surface area contributed by atoms with Crippen molar-refractivity contribution < 1.29 is 14.3 Å². The maximum absolute atomic E-state index is 13.5. The number of ketones is 1. The Balaban J connectivity index is 1.95. The molecule has 2 aliphatic rings. The molecule has 162 valence electrons. The first-order valence-corrected chi connectivity index (χ1v) is 10.6. The number of hydrogen-bond donors (Lipinski definition) is 2. The van der Waals surface area contributed by atoms with Gasteiger partial charge in [-0.1, -0.05) is 38.1 Å². The van der Waals surface area contributed by atoms with E-state index in [0.29, 0.717) is 6.42 Å². The van der Waals surface area contributed by atoms with Crippen LogP contribution in [0, 0.1) is 5.41 Å². The number of anilines is 2. The number of likely N-dealkylation sites (N-methyl/N-ethyl adjacent to an activating group) is 1. The molecule has 0 radical (unpaired) electrons. The largest absolute Gasteiger partial charge is 0.497 e. The Morgan fingerprint density at radius 1 is 1.16 bits per heavy atom. The van der Waals surface area contributed by atoms with Crippen LogP contribution in [0.4, 0.5) is 11.4 Å². The fourth-order valence-electron chi connectivity index (χ4n) is 4.59. The zero-order valence-electron chi connectivity index (χ0n) is 18.5. The SMILES string of the molecule is CNC(=O)CN1c2ccccc2NC2=C(C(=O)CC(C)(C)C2)C1c1ccc(OC)cc1. The van der Waals surface area contributed by atoms with Crippen LogP contribution in [0.25, 0.3) is 0 Å². The summed E-state index contributed by atoms with van der Waals surface area (Å²) >= 11 is 0. The third-order valence-electron chi connectivity index (χ3n) is 6.03. The average Bonchev–Trinajstić information content (AvgIpc) is 2.87. The summed E-state index contributed by atoms with van der Waals surface area (Å²) < 4.78 is 5.33. The number of nitrogens with one attached hydrogen (secondary N) is 2. The predicted octanol–water partition coefficient (Wildman–Crippen LogP) is 4.06. The Morgan fingerprint density at radius 3 is 2.55 bits per heavy atom. The van der Waals surface area contributed by atoms with Crippen molar-refractivity contribution in [1.29, 1.82) is 0 Å². The van der Waals surface area contributed by atoms with Crippen molar-refractivity contribution in [1.82, 2.24) is 5.32 Å². The van der Waals surface area contributed by atoms with Gasteiger partial charge >= 0.3 is 0 Å². The number of para-hydroxylation sites is 2. The number of fused-ring (bicyclic) bond motifs is 1. The second kappa shape index (κ2) is 8.10. The van der Waals surface area contributed by atoms with Crippen molar-refractivity contribution in [2.24, 2.45) is 5.41 Å². The van der Waals surface area contributed by atoms with Crippen molar-refractivity contribution in [3.8, 4) is 5.75 Å². The minimum atomic E-state index is -0.377. The van der Waals surface area contributed by atoms with Gasteiger partial charge in [-0.2, -0.15) is 0 Å². The summed E-state index contributed by atoms with van der Waals surface area (Å²) in [5.41, 5.74) is 4.30. The Hall–Kier alpha value is -3.28. The molecule has 6 heteroatoms. The van der Waals surface area contributed by atoms with Gasteiger partial charge < -0.3 is 20.3 Å². The van der Waals surface area contributed by atoms with Crippen LogP contribution in [0.3, 0.4) is 0 Å². The van der Waals surface area contributed by atoms with E-state index in [4.69, 9.17) is 4.74 Å². The van der Waals surface area contributed by atoms with E-state index in [1.807, 2.05) is 53.4 Å². The maximum Gasteiger partial charge on any atom is 0.239 e. The van der Waals surface area contributed by atoms with Crippen LogP contribution in [0.2, 0.25) is 0 Å². The number of carbonyl (C=O) groups excluding carboxylic acids is 2. The molecular formula is C25H29N3O3. The number of rotatable bonds is 4. The number of allylic oxidation sites excluding steroid dienone is 1. The van der Waals surface area contributed by atoms with Gasteiger partial charge in [0.05, 0.1) is 31.1 Å². The van der Waals surface area contributed by atoms with Crippen LogP contribution < -0.4 is 20.3 Å². The lowest BCUT2D eigenvalue weighted by Gasteiger charge is -2.37. The third-order valence-corrected chi connectivity index (χ3v) is 6.03. The van der Waals surface area contributed by atoms with Gasteiger partial charge in [0, 0.05) is 24.7 Å². The molecule has 0 bridgehead atoms. The summed E-state index contributed by atoms with van der Waals surface area (Å²) in [5, 5.41) is 6.28. The van der Waals surface area contributed by atoms with Crippen molar-refractivity contribution in [2.75, 3.05) is 30.9 Å². The highest BCUT2D eigenvalue weighted by molar-refractivity contribution is 6.01. The molecule has 0 fully saturated rings. The van der Waals surface area contributed by atoms with Crippen LogP contribution in [-0.4, -0.2) is 32.4 Å². The average molecular weight is 420 g/mol. The van der Waals surface area contributed by atoms with Gasteiger partial charge in [0.25, 0.3) is 0 Å². The van der Waals surface area contributed by atoms with Crippen LogP contribution in [0.5, 0.6) is 5.75 Å². The number of nitrogens with zero attached hydrogens (tertiary/aromatic N) is 1. The van der Waals surface area contributed by atoms with E-state index in [0.717, 1.165) is 40.4 Å². The highest BCUT2D eigenvalue weighted by atomic mass is 16.5. The van der Waals surface area contributed by atoms with E-state index in [1.165, 1.54) is 0 Å². The van der Waals surface area contributed by atoms with Crippen LogP contribution in [0.1, 0.15) is 38.3 Å². The molecular weight excluding hydrogens is 390 g/mol. The highest BCUT2D eigenvalue weighted by Gasteiger charge is 2.41. The lowest BCUT2D eigenvalue weighted by atomic mass is 9.73. The zero-order valence-corrected chi connectivity index (χ0v) is 18.5. The smallest absolute Gasteiger partial charge is 0.239 e. The molecule has 1 unspecified atom stereocenters. The molecule has 31 heavy (non-hydrogen) atoms. The second-order valence-corrected chi connectivity index (χ2v) is 8.95. The van der Waals surface area contributed by atoms with Crippen molar-refractivity contribution >= 4 is 23.1 Å². The minimum absolute atomic E-state index is 0.110. The summed E-state index contributed by atoms with van der Waals surface area (Å²) in [4.78, 5) is 28.1. The second-order valence-electron chi connectivity index (χ2n) is 8.95. The fraction of sp³-hybridized carbons (Fsp3) is 0.360. The van der Waals surface area contributed by atoms with E-state index in [-0.39, 0.29) is 29.7 Å². The Kier molecular flexibility index (Phi) is 5.48. The fourth-order valence-corrected chi connectivity index (χ4v) is 4.59. The quantitative estimate of drug-likeness (QED) is 0.782. The summed E-state index contributed by atoms with van der Waals surface area (Å²) in [7, 11) is 3.26. The van der Waals surface area contributed by atoms with Gasteiger partial charge in [-0.15, -0.1) is 0 Å². The highest BCUT2D eigenvalue weighted by Crippen LogP contribution is 2.48. The first-order valence-electron chi connectivity index (χ1n) is 10.6. The molecule has 0 spiro atoms. The Bertz CT molecular complexity index is 1040. The lowest BCUT2D eigenvalue weighted by molar-refractivity contribution is -0.120. The molecule has 0 saturated heterocycles. The molecule has 1 aliphatic heterocycles. The number of benzene rings is 2. The van der Waals surface area contributed by atoms with E-state index in [9.17, 15) is 9.59 Å². The predicted molar refractivity (Wildman–Crippen MR) is 122 cm³/mol. The van der Waals surface area contributed by atoms with Gasteiger partial charge in [0.2, 0.25) is 5.91 Å². The van der Waals surface area contributed by atoms with Gasteiger partial charge in [-0.25, -0.2) is 0 Å². The summed E-state index contributed by atoms with van der Waals surface area (Å²) in [6.45, 7) is 4.38. The molecule has 1 heterocycles.